The van der Waals surface area contributed by atoms with Crippen LogP contribution in [0.3, 0.4) is 0 Å². The maximum Gasteiger partial charge on any atom is 0.122 e. The monoisotopic (exact) mass is 287 g/mol. The molecule has 2 fully saturated rings. The van der Waals surface area contributed by atoms with E-state index < -0.39 is 0 Å². The van der Waals surface area contributed by atoms with Gasteiger partial charge in [-0.25, -0.2) is 0 Å². The average molecular weight is 287 g/mol. The van der Waals surface area contributed by atoms with E-state index >= 15 is 0 Å². The molecule has 1 N–H and O–H groups in total. The molecule has 2 aliphatic heterocycles. The van der Waals surface area contributed by atoms with Crippen molar-refractivity contribution in [3.8, 4) is 5.75 Å². The summed E-state index contributed by atoms with van der Waals surface area (Å²) < 4.78 is 11.7. The van der Waals surface area contributed by atoms with Gasteiger partial charge in [0.15, 0.2) is 0 Å². The molecular weight excluding hydrogens is 262 g/mol. The topological polar surface area (TPSA) is 30.5 Å². The minimum Gasteiger partial charge on any atom is -0.496 e. The van der Waals surface area contributed by atoms with E-state index in [9.17, 15) is 0 Å². The van der Waals surface area contributed by atoms with Gasteiger partial charge in [0.1, 0.15) is 5.75 Å². The fraction of sp³-hybridized carbons (Fsp3) is 0.667. The molecule has 4 rings (SSSR count). The molecule has 3 heteroatoms. The molecule has 0 aromatic heterocycles. The lowest BCUT2D eigenvalue weighted by Crippen LogP contribution is -2.48. The molecule has 0 bridgehead atoms. The Hall–Kier alpha value is -1.06. The SMILES string of the molecule is COc1cccc2c1CCNC2C1CCOC2(CCC2)C1. The van der Waals surface area contributed by atoms with Crippen LogP contribution in [-0.4, -0.2) is 25.9 Å². The van der Waals surface area contributed by atoms with Crippen LogP contribution < -0.4 is 10.1 Å². The summed E-state index contributed by atoms with van der Waals surface area (Å²) in [5, 5.41) is 3.77. The molecular formula is C18H25NO2. The molecule has 1 aliphatic carbocycles. The zero-order chi connectivity index (χ0) is 14.3. The number of hydrogen-bond donors (Lipinski definition) is 1. The lowest BCUT2D eigenvalue weighted by Gasteiger charge is -2.49. The van der Waals surface area contributed by atoms with Crippen LogP contribution in [0.1, 0.15) is 49.3 Å². The molecule has 114 valence electrons. The number of benzene rings is 1. The van der Waals surface area contributed by atoms with Crippen LogP contribution in [0.2, 0.25) is 0 Å². The number of nitrogens with one attached hydrogen (secondary N) is 1. The van der Waals surface area contributed by atoms with Gasteiger partial charge in [-0.15, -0.1) is 0 Å². The highest BCUT2D eigenvalue weighted by atomic mass is 16.5. The highest BCUT2D eigenvalue weighted by Crippen LogP contribution is 2.48. The normalized spacial score (nSPS) is 30.5. The van der Waals surface area contributed by atoms with Gasteiger partial charge in [-0.3, -0.25) is 0 Å². The van der Waals surface area contributed by atoms with Crippen molar-refractivity contribution in [2.24, 2.45) is 5.92 Å². The molecule has 3 nitrogen and oxygen atoms in total. The summed E-state index contributed by atoms with van der Waals surface area (Å²) in [7, 11) is 1.78. The van der Waals surface area contributed by atoms with Crippen molar-refractivity contribution in [1.29, 1.82) is 0 Å². The smallest absolute Gasteiger partial charge is 0.122 e. The molecule has 2 heterocycles. The first-order valence-corrected chi connectivity index (χ1v) is 8.34. The van der Waals surface area contributed by atoms with E-state index in [-0.39, 0.29) is 5.60 Å². The summed E-state index contributed by atoms with van der Waals surface area (Å²) in [6.07, 6.45) is 7.35. The van der Waals surface area contributed by atoms with Crippen LogP contribution in [0.5, 0.6) is 5.75 Å². The zero-order valence-electron chi connectivity index (χ0n) is 12.9. The van der Waals surface area contributed by atoms with Crippen LogP contribution >= 0.6 is 0 Å². The number of ether oxygens (including phenoxy) is 2. The van der Waals surface area contributed by atoms with Crippen LogP contribution in [0, 0.1) is 5.92 Å². The lowest BCUT2D eigenvalue weighted by atomic mass is 9.69. The Morgan fingerprint density at radius 3 is 3.00 bits per heavy atom. The second-order valence-electron chi connectivity index (χ2n) is 6.85. The van der Waals surface area contributed by atoms with Crippen molar-refractivity contribution in [3.05, 3.63) is 29.3 Å². The first kappa shape index (κ1) is 13.6. The Kier molecular flexibility index (Phi) is 3.43. The predicted molar refractivity (Wildman–Crippen MR) is 82.7 cm³/mol. The molecule has 3 aliphatic rings. The predicted octanol–water partition coefficient (Wildman–Crippen LogP) is 3.23. The van der Waals surface area contributed by atoms with Crippen LogP contribution in [0.15, 0.2) is 18.2 Å². The van der Waals surface area contributed by atoms with E-state index in [4.69, 9.17) is 9.47 Å². The minimum absolute atomic E-state index is 0.223. The Morgan fingerprint density at radius 2 is 2.24 bits per heavy atom. The summed E-state index contributed by atoms with van der Waals surface area (Å²) in [5.41, 5.74) is 3.10. The van der Waals surface area contributed by atoms with Gasteiger partial charge < -0.3 is 14.8 Å². The van der Waals surface area contributed by atoms with Crippen molar-refractivity contribution in [1.82, 2.24) is 5.32 Å². The quantitative estimate of drug-likeness (QED) is 0.906. The third-order valence-electron chi connectivity index (χ3n) is 5.73. The fourth-order valence-electron chi connectivity index (χ4n) is 4.49. The first-order chi connectivity index (χ1) is 10.3. The van der Waals surface area contributed by atoms with Crippen molar-refractivity contribution < 1.29 is 9.47 Å². The van der Waals surface area contributed by atoms with Gasteiger partial charge in [-0.05, 0) is 62.6 Å². The third-order valence-corrected chi connectivity index (χ3v) is 5.73. The Bertz CT molecular complexity index is 524. The maximum atomic E-state index is 6.10. The zero-order valence-corrected chi connectivity index (χ0v) is 12.9. The van der Waals surface area contributed by atoms with Gasteiger partial charge in [0.05, 0.1) is 12.7 Å². The second kappa shape index (κ2) is 5.29. The molecule has 1 aromatic carbocycles. The molecule has 0 radical (unpaired) electrons. The minimum atomic E-state index is 0.223. The molecule has 21 heavy (non-hydrogen) atoms. The molecule has 2 atom stereocenters. The standard InChI is InChI=1S/C18H25NO2/c1-20-16-5-2-4-15-14(16)6-10-19-17(15)13-7-11-21-18(12-13)8-3-9-18/h2,4-5,13,17,19H,3,6-12H2,1H3. The van der Waals surface area contributed by atoms with Gasteiger partial charge in [-0.2, -0.15) is 0 Å². The Balaban J connectivity index is 1.62. The largest absolute Gasteiger partial charge is 0.496 e. The first-order valence-electron chi connectivity index (χ1n) is 8.34. The van der Waals surface area contributed by atoms with E-state index in [1.807, 2.05) is 0 Å². The van der Waals surface area contributed by atoms with Crippen molar-refractivity contribution in [3.63, 3.8) is 0 Å². The number of rotatable bonds is 2. The lowest BCUT2D eigenvalue weighted by molar-refractivity contribution is -0.147. The van der Waals surface area contributed by atoms with Crippen molar-refractivity contribution in [2.75, 3.05) is 20.3 Å². The van der Waals surface area contributed by atoms with Gasteiger partial charge in [0.25, 0.3) is 0 Å². The molecule has 2 unspecified atom stereocenters. The van der Waals surface area contributed by atoms with Crippen LogP contribution in [-0.2, 0) is 11.2 Å². The molecule has 1 saturated heterocycles. The van der Waals surface area contributed by atoms with E-state index in [0.717, 1.165) is 25.3 Å². The van der Waals surface area contributed by atoms with Gasteiger partial charge in [-0.1, -0.05) is 12.1 Å². The van der Waals surface area contributed by atoms with Crippen LogP contribution in [0.25, 0.3) is 0 Å². The molecule has 1 spiro atoms. The van der Waals surface area contributed by atoms with Crippen molar-refractivity contribution in [2.45, 2.75) is 50.2 Å². The number of hydrogen-bond acceptors (Lipinski definition) is 3. The maximum absolute atomic E-state index is 6.10. The third kappa shape index (κ3) is 2.27. The molecule has 1 saturated carbocycles. The highest BCUT2D eigenvalue weighted by molar-refractivity contribution is 5.44. The summed E-state index contributed by atoms with van der Waals surface area (Å²) >= 11 is 0. The van der Waals surface area contributed by atoms with E-state index in [2.05, 4.69) is 23.5 Å². The average Bonchev–Trinajstić information content (AvgIpc) is 2.52. The fourth-order valence-corrected chi connectivity index (χ4v) is 4.49. The highest BCUT2D eigenvalue weighted by Gasteiger charge is 2.45. The number of methoxy groups -OCH3 is 1. The summed E-state index contributed by atoms with van der Waals surface area (Å²) in [6, 6.07) is 7.00. The van der Waals surface area contributed by atoms with Crippen molar-refractivity contribution >= 4 is 0 Å². The van der Waals surface area contributed by atoms with Gasteiger partial charge in [0.2, 0.25) is 0 Å². The summed E-state index contributed by atoms with van der Waals surface area (Å²) in [6.45, 7) is 1.99. The molecule has 1 aromatic rings. The Morgan fingerprint density at radius 1 is 1.33 bits per heavy atom. The number of fused-ring (bicyclic) bond motifs is 1. The van der Waals surface area contributed by atoms with Crippen LogP contribution in [0.4, 0.5) is 0 Å². The summed E-state index contributed by atoms with van der Waals surface area (Å²) in [4.78, 5) is 0. The molecule has 0 amide bonds. The van der Waals surface area contributed by atoms with Gasteiger partial charge in [0, 0.05) is 18.2 Å². The second-order valence-corrected chi connectivity index (χ2v) is 6.85. The summed E-state index contributed by atoms with van der Waals surface area (Å²) in [5.74, 6) is 1.76. The van der Waals surface area contributed by atoms with E-state index in [0.29, 0.717) is 12.0 Å². The Labute approximate surface area is 127 Å². The van der Waals surface area contributed by atoms with E-state index in [1.165, 1.54) is 43.2 Å². The van der Waals surface area contributed by atoms with E-state index in [1.54, 1.807) is 7.11 Å². The van der Waals surface area contributed by atoms with Gasteiger partial charge >= 0.3 is 0 Å².